The number of nitrogens with zero attached hydrogens (tertiary/aromatic N) is 3. The highest BCUT2D eigenvalue weighted by Crippen LogP contribution is 2.25. The van der Waals surface area contributed by atoms with E-state index in [9.17, 15) is 13.2 Å². The van der Waals surface area contributed by atoms with E-state index >= 15 is 0 Å². The number of likely N-dealkylation sites (tertiary alicyclic amines) is 1. The van der Waals surface area contributed by atoms with Crippen molar-refractivity contribution in [2.24, 2.45) is 0 Å². The summed E-state index contributed by atoms with van der Waals surface area (Å²) < 4.78 is 25.7. The number of hydrogen-bond donors (Lipinski definition) is 0. The zero-order valence-corrected chi connectivity index (χ0v) is 15.1. The van der Waals surface area contributed by atoms with Crippen LogP contribution in [-0.4, -0.2) is 47.1 Å². The maximum atomic E-state index is 12.9. The van der Waals surface area contributed by atoms with Gasteiger partial charge in [-0.3, -0.25) is 4.79 Å². The molecule has 24 heavy (non-hydrogen) atoms. The molecule has 1 aliphatic heterocycles. The molecule has 0 spiro atoms. The molecule has 0 aliphatic carbocycles. The summed E-state index contributed by atoms with van der Waals surface area (Å²) in [5, 5.41) is -0.0469. The standard InChI is InChI=1S/C17H23N3O3S/c1-12-7-6-8-13(2)20(12)16(21)11-19-15-10-5-4-9-14(15)18-17(19)24(3,22)23/h4-5,9-10,12-13H,6-8,11H2,1-3H3/t12-,13-/m0/s1. The van der Waals surface area contributed by atoms with Crippen molar-refractivity contribution in [1.29, 1.82) is 0 Å². The Kier molecular flexibility index (Phi) is 4.38. The maximum absolute atomic E-state index is 12.9. The topological polar surface area (TPSA) is 72.3 Å². The summed E-state index contributed by atoms with van der Waals surface area (Å²) in [4.78, 5) is 19.0. The summed E-state index contributed by atoms with van der Waals surface area (Å²) in [6, 6.07) is 7.55. The second kappa shape index (κ2) is 6.20. The molecule has 1 saturated heterocycles. The molecule has 6 nitrogen and oxygen atoms in total. The Balaban J connectivity index is 2.01. The van der Waals surface area contributed by atoms with Gasteiger partial charge in [0.15, 0.2) is 0 Å². The quantitative estimate of drug-likeness (QED) is 0.852. The summed E-state index contributed by atoms with van der Waals surface area (Å²) in [6.07, 6.45) is 4.22. The highest BCUT2D eigenvalue weighted by molar-refractivity contribution is 7.90. The van der Waals surface area contributed by atoms with Crippen LogP contribution in [-0.2, 0) is 21.2 Å². The van der Waals surface area contributed by atoms with E-state index in [2.05, 4.69) is 18.8 Å². The number of para-hydroxylation sites is 2. The molecule has 0 radical (unpaired) electrons. The minimum atomic E-state index is -3.52. The van der Waals surface area contributed by atoms with Crippen molar-refractivity contribution >= 4 is 26.8 Å². The van der Waals surface area contributed by atoms with Crippen LogP contribution in [0.1, 0.15) is 33.1 Å². The molecule has 130 valence electrons. The third-order valence-electron chi connectivity index (χ3n) is 4.73. The van der Waals surface area contributed by atoms with Crippen LogP contribution in [0, 0.1) is 0 Å². The number of imidazole rings is 1. The molecule has 0 unspecified atom stereocenters. The lowest BCUT2D eigenvalue weighted by molar-refractivity contribution is -0.138. The number of hydrogen-bond acceptors (Lipinski definition) is 4. The molecule has 0 N–H and O–H groups in total. The number of carbonyl (C=O) groups excluding carboxylic acids is 1. The number of fused-ring (bicyclic) bond motifs is 1. The van der Waals surface area contributed by atoms with Crippen molar-refractivity contribution < 1.29 is 13.2 Å². The van der Waals surface area contributed by atoms with Crippen LogP contribution < -0.4 is 0 Å². The van der Waals surface area contributed by atoms with Gasteiger partial charge in [0, 0.05) is 18.3 Å². The fourth-order valence-electron chi connectivity index (χ4n) is 3.62. The first kappa shape index (κ1) is 17.0. The average Bonchev–Trinajstić information content (AvgIpc) is 2.86. The van der Waals surface area contributed by atoms with Gasteiger partial charge in [-0.05, 0) is 45.2 Å². The predicted molar refractivity (Wildman–Crippen MR) is 92.5 cm³/mol. The van der Waals surface area contributed by atoms with Crippen molar-refractivity contribution in [2.45, 2.75) is 56.9 Å². The van der Waals surface area contributed by atoms with Crippen molar-refractivity contribution in [3.8, 4) is 0 Å². The number of sulfone groups is 1. The monoisotopic (exact) mass is 349 g/mol. The number of rotatable bonds is 3. The summed E-state index contributed by atoms with van der Waals surface area (Å²) in [6.45, 7) is 4.10. The van der Waals surface area contributed by atoms with E-state index in [-0.39, 0.29) is 29.7 Å². The second-order valence-corrected chi connectivity index (χ2v) is 8.58. The zero-order chi connectivity index (χ0) is 17.5. The first-order valence-electron chi connectivity index (χ1n) is 8.25. The SMILES string of the molecule is C[C@H]1CCC[C@H](C)N1C(=O)Cn1c(S(C)(=O)=O)nc2ccccc21. The van der Waals surface area contributed by atoms with E-state index < -0.39 is 9.84 Å². The average molecular weight is 349 g/mol. The van der Waals surface area contributed by atoms with Crippen molar-refractivity contribution in [1.82, 2.24) is 14.5 Å². The highest BCUT2D eigenvalue weighted by atomic mass is 32.2. The zero-order valence-electron chi connectivity index (χ0n) is 14.3. The van der Waals surface area contributed by atoms with Crippen LogP contribution in [0.4, 0.5) is 0 Å². The maximum Gasteiger partial charge on any atom is 0.243 e. The fraction of sp³-hybridized carbons (Fsp3) is 0.529. The van der Waals surface area contributed by atoms with Gasteiger partial charge in [0.05, 0.1) is 11.0 Å². The Labute approximate surface area is 142 Å². The summed E-state index contributed by atoms with van der Waals surface area (Å²) >= 11 is 0. The lowest BCUT2D eigenvalue weighted by Gasteiger charge is -2.39. The molecule has 1 amide bonds. The molecule has 1 aromatic heterocycles. The molecule has 0 saturated carbocycles. The number of benzene rings is 1. The van der Waals surface area contributed by atoms with Crippen LogP contribution in [0.15, 0.2) is 29.4 Å². The molecule has 1 fully saturated rings. The van der Waals surface area contributed by atoms with Gasteiger partial charge in [0.25, 0.3) is 0 Å². The molecular weight excluding hydrogens is 326 g/mol. The van der Waals surface area contributed by atoms with E-state index in [1.54, 1.807) is 12.1 Å². The van der Waals surface area contributed by atoms with Gasteiger partial charge < -0.3 is 9.47 Å². The van der Waals surface area contributed by atoms with Crippen molar-refractivity contribution in [2.75, 3.05) is 6.26 Å². The first-order chi connectivity index (χ1) is 11.3. The van der Waals surface area contributed by atoms with Gasteiger partial charge in [0.1, 0.15) is 6.54 Å². The molecule has 2 heterocycles. The molecule has 2 aromatic rings. The fourth-order valence-corrected chi connectivity index (χ4v) is 4.45. The predicted octanol–water partition coefficient (Wildman–Crippen LogP) is 2.23. The summed E-state index contributed by atoms with van der Waals surface area (Å²) in [7, 11) is -3.52. The van der Waals surface area contributed by atoms with Crippen LogP contribution >= 0.6 is 0 Å². The number of amides is 1. The molecular formula is C17H23N3O3S. The molecule has 2 atom stereocenters. The molecule has 1 aromatic carbocycles. The van der Waals surface area contributed by atoms with Gasteiger partial charge >= 0.3 is 0 Å². The normalized spacial score (nSPS) is 22.0. The van der Waals surface area contributed by atoms with Gasteiger partial charge in [-0.2, -0.15) is 0 Å². The molecule has 1 aliphatic rings. The highest BCUT2D eigenvalue weighted by Gasteiger charge is 2.30. The van der Waals surface area contributed by atoms with Crippen molar-refractivity contribution in [3.05, 3.63) is 24.3 Å². The molecule has 0 bridgehead atoms. The smallest absolute Gasteiger partial charge is 0.243 e. The Morgan fingerprint density at radius 1 is 1.21 bits per heavy atom. The van der Waals surface area contributed by atoms with Crippen LogP contribution in [0.25, 0.3) is 11.0 Å². The number of carbonyl (C=O) groups is 1. The van der Waals surface area contributed by atoms with Crippen LogP contribution in [0.5, 0.6) is 0 Å². The summed E-state index contributed by atoms with van der Waals surface area (Å²) in [5.41, 5.74) is 1.26. The minimum absolute atomic E-state index is 0.00238. The third-order valence-corrected chi connectivity index (χ3v) is 5.70. The minimum Gasteiger partial charge on any atom is -0.336 e. The van der Waals surface area contributed by atoms with Crippen LogP contribution in [0.2, 0.25) is 0 Å². The lowest BCUT2D eigenvalue weighted by Crippen LogP contribution is -2.48. The van der Waals surface area contributed by atoms with Gasteiger partial charge in [-0.1, -0.05) is 12.1 Å². The Morgan fingerprint density at radius 2 is 1.83 bits per heavy atom. The van der Waals surface area contributed by atoms with E-state index in [0.717, 1.165) is 25.5 Å². The van der Waals surface area contributed by atoms with Gasteiger partial charge in [-0.15, -0.1) is 0 Å². The summed E-state index contributed by atoms with van der Waals surface area (Å²) in [5.74, 6) is -0.0530. The van der Waals surface area contributed by atoms with E-state index in [4.69, 9.17) is 0 Å². The van der Waals surface area contributed by atoms with E-state index in [1.807, 2.05) is 17.0 Å². The molecule has 7 heteroatoms. The van der Waals surface area contributed by atoms with Gasteiger partial charge in [0.2, 0.25) is 20.9 Å². The second-order valence-electron chi connectivity index (χ2n) is 6.67. The van der Waals surface area contributed by atoms with E-state index in [1.165, 1.54) is 4.57 Å². The Hall–Kier alpha value is -1.89. The Morgan fingerprint density at radius 3 is 2.46 bits per heavy atom. The van der Waals surface area contributed by atoms with Crippen molar-refractivity contribution in [3.63, 3.8) is 0 Å². The first-order valence-corrected chi connectivity index (χ1v) is 10.1. The number of piperidine rings is 1. The van der Waals surface area contributed by atoms with Gasteiger partial charge in [-0.25, -0.2) is 13.4 Å². The van der Waals surface area contributed by atoms with Crippen LogP contribution in [0.3, 0.4) is 0 Å². The molecule has 3 rings (SSSR count). The lowest BCUT2D eigenvalue weighted by atomic mass is 9.97. The Bertz CT molecular complexity index is 862. The third kappa shape index (κ3) is 3.05. The van der Waals surface area contributed by atoms with E-state index in [0.29, 0.717) is 11.0 Å². The number of aromatic nitrogens is 2. The largest absolute Gasteiger partial charge is 0.336 e.